The molecule has 0 radical (unpaired) electrons. The van der Waals surface area contributed by atoms with Crippen LogP contribution in [0.25, 0.3) is 0 Å². The van der Waals surface area contributed by atoms with Gasteiger partial charge in [0.05, 0.1) is 0 Å². The summed E-state index contributed by atoms with van der Waals surface area (Å²) >= 11 is 0. The minimum Gasteiger partial charge on any atom is -0.364 e. The molecule has 0 unspecified atom stereocenters. The molecule has 7 heavy (non-hydrogen) atoms. The molecule has 0 atom stereocenters. The first-order valence-electron chi connectivity index (χ1n) is 1.53. The Morgan fingerprint density at radius 3 is 2.29 bits per heavy atom. The lowest BCUT2D eigenvalue weighted by atomic mass is 10.7. The fourth-order valence-electron chi connectivity index (χ4n) is 0.127. The van der Waals surface area contributed by atoms with E-state index in [0.717, 1.165) is 0 Å². The van der Waals surface area contributed by atoms with Crippen LogP contribution in [0.4, 0.5) is 0 Å². The number of primary amides is 1. The lowest BCUT2D eigenvalue weighted by Crippen LogP contribution is -2.21. The van der Waals surface area contributed by atoms with Gasteiger partial charge >= 0.3 is 0 Å². The second kappa shape index (κ2) is 2.12. The van der Waals surface area contributed by atoms with Crippen LogP contribution in [0.15, 0.2) is 0 Å². The Balaban J connectivity index is 3.32. The highest BCUT2D eigenvalue weighted by molar-refractivity contribution is 5.74. The molecule has 2 N–H and O–H groups in total. The van der Waals surface area contributed by atoms with Crippen LogP contribution in [0.3, 0.4) is 0 Å². The molecule has 0 aliphatic carbocycles. The van der Waals surface area contributed by atoms with Crippen LogP contribution in [-0.2, 0) is 4.79 Å². The van der Waals surface area contributed by atoms with Gasteiger partial charge in [0.1, 0.15) is 0 Å². The number of carbonyl (C=O) groups excluding carboxylic acids is 1. The highest BCUT2D eigenvalue weighted by atomic mass is 16.6. The molecule has 40 valence electrons. The summed E-state index contributed by atoms with van der Waals surface area (Å²) in [4.78, 5) is 18.1. The number of nitrogens with zero attached hydrogens (tertiary/aromatic N) is 1. The second-order valence-corrected chi connectivity index (χ2v) is 0.957. The summed E-state index contributed by atoms with van der Waals surface area (Å²) in [5.74, 6) is -0.912. The molecule has 0 aromatic heterocycles. The van der Waals surface area contributed by atoms with E-state index < -0.39 is 17.4 Å². The third-order valence-electron chi connectivity index (χ3n) is 0.285. The fraction of sp³-hybridized carbons (Fsp3) is 0.500. The Hall–Kier alpha value is -1.13. The van der Waals surface area contributed by atoms with E-state index in [1.54, 1.807) is 0 Å². The van der Waals surface area contributed by atoms with E-state index in [9.17, 15) is 14.9 Å². The standard InChI is InChI=1S/C2H4N2O3/c3-2(5)1-4(6)7/h1H2,(H2,3,5). The van der Waals surface area contributed by atoms with Crippen molar-refractivity contribution in [2.75, 3.05) is 6.54 Å². The SMILES string of the molecule is NC(=O)C[N+](=O)[O-]. The summed E-state index contributed by atoms with van der Waals surface area (Å²) in [6.07, 6.45) is 0. The molecule has 0 spiro atoms. The molecule has 0 aromatic carbocycles. The van der Waals surface area contributed by atoms with Gasteiger partial charge in [0, 0.05) is 4.92 Å². The number of hydrogen-bond donors (Lipinski definition) is 1. The van der Waals surface area contributed by atoms with E-state index >= 15 is 0 Å². The average Bonchev–Trinajstić information content (AvgIpc) is 1.27. The van der Waals surface area contributed by atoms with Gasteiger partial charge < -0.3 is 5.73 Å². The predicted octanol–water partition coefficient (Wildman–Crippen LogP) is -1.25. The number of amides is 1. The van der Waals surface area contributed by atoms with Crippen LogP contribution < -0.4 is 5.73 Å². The monoisotopic (exact) mass is 104 g/mol. The topological polar surface area (TPSA) is 86.2 Å². The van der Waals surface area contributed by atoms with E-state index in [-0.39, 0.29) is 0 Å². The van der Waals surface area contributed by atoms with Crippen molar-refractivity contribution in [3.8, 4) is 0 Å². The van der Waals surface area contributed by atoms with Crippen molar-refractivity contribution in [3.63, 3.8) is 0 Å². The van der Waals surface area contributed by atoms with Crippen LogP contribution in [0.5, 0.6) is 0 Å². The molecule has 5 heteroatoms. The summed E-state index contributed by atoms with van der Waals surface area (Å²) in [7, 11) is 0. The molecule has 0 aliphatic rings. The summed E-state index contributed by atoms with van der Waals surface area (Å²) in [5, 5.41) is 9.31. The van der Waals surface area contributed by atoms with Crippen LogP contribution >= 0.6 is 0 Å². The predicted molar refractivity (Wildman–Crippen MR) is 21.1 cm³/mol. The number of nitro groups is 1. The zero-order valence-corrected chi connectivity index (χ0v) is 3.46. The van der Waals surface area contributed by atoms with Gasteiger partial charge in [0.2, 0.25) is 0 Å². The second-order valence-electron chi connectivity index (χ2n) is 0.957. The molecule has 0 bridgehead atoms. The van der Waals surface area contributed by atoms with Crippen molar-refractivity contribution >= 4 is 5.91 Å². The zero-order valence-electron chi connectivity index (χ0n) is 3.46. The normalized spacial score (nSPS) is 8.00. The average molecular weight is 104 g/mol. The first-order valence-corrected chi connectivity index (χ1v) is 1.53. The minimum absolute atomic E-state index is 0.775. The first kappa shape index (κ1) is 5.87. The maximum atomic E-state index is 9.59. The Morgan fingerprint density at radius 2 is 2.29 bits per heavy atom. The van der Waals surface area contributed by atoms with E-state index in [1.807, 2.05) is 0 Å². The third-order valence-corrected chi connectivity index (χ3v) is 0.285. The Bertz CT molecular complexity index is 87.1. The van der Waals surface area contributed by atoms with Crippen molar-refractivity contribution in [2.45, 2.75) is 0 Å². The lowest BCUT2D eigenvalue weighted by molar-refractivity contribution is -0.467. The van der Waals surface area contributed by atoms with E-state index in [1.165, 1.54) is 0 Å². The number of rotatable bonds is 2. The highest BCUT2D eigenvalue weighted by Crippen LogP contribution is 1.61. The largest absolute Gasteiger partial charge is 0.364 e. The van der Waals surface area contributed by atoms with Crippen LogP contribution in [0, 0.1) is 10.1 Å². The van der Waals surface area contributed by atoms with Crippen LogP contribution in [0.2, 0.25) is 0 Å². The van der Waals surface area contributed by atoms with Gasteiger partial charge in [0.25, 0.3) is 12.5 Å². The lowest BCUT2D eigenvalue weighted by Gasteiger charge is -1.81. The summed E-state index contributed by atoms with van der Waals surface area (Å²) in [5.41, 5.74) is 4.41. The van der Waals surface area contributed by atoms with Crippen molar-refractivity contribution in [1.29, 1.82) is 0 Å². The summed E-state index contributed by atoms with van der Waals surface area (Å²) in [6.45, 7) is -0.778. The van der Waals surface area contributed by atoms with E-state index in [2.05, 4.69) is 5.73 Å². The molecule has 1 amide bonds. The van der Waals surface area contributed by atoms with Crippen LogP contribution in [-0.4, -0.2) is 17.4 Å². The molecule has 0 saturated carbocycles. The van der Waals surface area contributed by atoms with Gasteiger partial charge in [-0.3, -0.25) is 14.9 Å². The van der Waals surface area contributed by atoms with Gasteiger partial charge in [-0.25, -0.2) is 0 Å². The van der Waals surface area contributed by atoms with Gasteiger partial charge in [-0.1, -0.05) is 0 Å². The number of hydrogen-bond acceptors (Lipinski definition) is 3. The molecule has 0 rings (SSSR count). The molecular formula is C2H4N2O3. The zero-order chi connectivity index (χ0) is 5.86. The van der Waals surface area contributed by atoms with Gasteiger partial charge in [-0.05, 0) is 0 Å². The molecule has 0 heterocycles. The maximum absolute atomic E-state index is 9.59. The van der Waals surface area contributed by atoms with Gasteiger partial charge in [-0.2, -0.15) is 0 Å². The molecular weight excluding hydrogens is 100 g/mol. The third kappa shape index (κ3) is 4.87. The molecule has 5 nitrogen and oxygen atoms in total. The number of carbonyl (C=O) groups is 1. The molecule has 0 saturated heterocycles. The molecule has 0 aliphatic heterocycles. The maximum Gasteiger partial charge on any atom is 0.289 e. The first-order chi connectivity index (χ1) is 3.13. The van der Waals surface area contributed by atoms with Crippen molar-refractivity contribution in [1.82, 2.24) is 0 Å². The van der Waals surface area contributed by atoms with Crippen molar-refractivity contribution in [2.24, 2.45) is 5.73 Å². The smallest absolute Gasteiger partial charge is 0.289 e. The quantitative estimate of drug-likeness (QED) is 0.350. The van der Waals surface area contributed by atoms with E-state index in [0.29, 0.717) is 0 Å². The van der Waals surface area contributed by atoms with Gasteiger partial charge in [0.15, 0.2) is 0 Å². The summed E-state index contributed by atoms with van der Waals surface area (Å²) in [6, 6.07) is 0. The van der Waals surface area contributed by atoms with Crippen molar-refractivity contribution < 1.29 is 9.72 Å². The van der Waals surface area contributed by atoms with Crippen LogP contribution in [0.1, 0.15) is 0 Å². The minimum atomic E-state index is -0.912. The Morgan fingerprint density at radius 1 is 1.86 bits per heavy atom. The van der Waals surface area contributed by atoms with Crippen molar-refractivity contribution in [3.05, 3.63) is 10.1 Å². The Labute approximate surface area is 39.3 Å². The summed E-state index contributed by atoms with van der Waals surface area (Å²) < 4.78 is 0. The fourth-order valence-corrected chi connectivity index (χ4v) is 0.127. The number of nitrogens with two attached hydrogens (primary N) is 1. The Kier molecular flexibility index (Phi) is 1.78. The van der Waals surface area contributed by atoms with E-state index in [4.69, 9.17) is 0 Å². The molecule has 0 fully saturated rings. The van der Waals surface area contributed by atoms with Gasteiger partial charge in [-0.15, -0.1) is 0 Å². The highest BCUT2D eigenvalue weighted by Gasteiger charge is 2.00. The molecule has 0 aromatic rings.